The van der Waals surface area contributed by atoms with E-state index in [9.17, 15) is 13.6 Å². The van der Waals surface area contributed by atoms with Crippen LogP contribution in [-0.4, -0.2) is 55.4 Å². The summed E-state index contributed by atoms with van der Waals surface area (Å²) in [6.07, 6.45) is 6.71. The summed E-state index contributed by atoms with van der Waals surface area (Å²) in [5, 5.41) is 12.8. The van der Waals surface area contributed by atoms with E-state index >= 15 is 0 Å². The molecular weight excluding hydrogens is 432 g/mol. The van der Waals surface area contributed by atoms with Crippen LogP contribution in [0.25, 0.3) is 17.1 Å². The molecular formula is C22H19F2N7O2. The number of ether oxygens (including phenoxy) is 1. The number of hydrogen-bond donors (Lipinski definition) is 0. The summed E-state index contributed by atoms with van der Waals surface area (Å²) in [5.74, 6) is -0.965. The zero-order chi connectivity index (χ0) is 22.8. The predicted octanol–water partition coefficient (Wildman–Crippen LogP) is 2.87. The smallest absolute Gasteiger partial charge is 0.152 e. The zero-order valence-corrected chi connectivity index (χ0v) is 17.4. The van der Waals surface area contributed by atoms with E-state index in [2.05, 4.69) is 20.3 Å². The van der Waals surface area contributed by atoms with Crippen LogP contribution in [0.4, 0.5) is 14.5 Å². The fraction of sp³-hybridized carbons (Fsp3) is 0.227. The van der Waals surface area contributed by atoms with Gasteiger partial charge in [0.05, 0.1) is 43.1 Å². The van der Waals surface area contributed by atoms with E-state index in [0.29, 0.717) is 48.7 Å². The predicted molar refractivity (Wildman–Crippen MR) is 114 cm³/mol. The van der Waals surface area contributed by atoms with Crippen LogP contribution in [-0.2, 0) is 11.3 Å². The van der Waals surface area contributed by atoms with Crippen LogP contribution in [0.1, 0.15) is 16.8 Å². The van der Waals surface area contributed by atoms with Gasteiger partial charge in [-0.3, -0.25) is 14.5 Å². The number of aromatic nitrogens is 6. The molecule has 1 aliphatic heterocycles. The number of aldehydes is 1. The Morgan fingerprint density at radius 3 is 2.70 bits per heavy atom. The van der Waals surface area contributed by atoms with Crippen LogP contribution in [0.15, 0.2) is 55.1 Å². The fourth-order valence-electron chi connectivity index (χ4n) is 3.87. The molecule has 1 aromatic carbocycles. The topological polar surface area (TPSA) is 91.0 Å². The molecule has 168 valence electrons. The normalized spacial score (nSPS) is 16.2. The van der Waals surface area contributed by atoms with Crippen molar-refractivity contribution in [2.24, 2.45) is 0 Å². The van der Waals surface area contributed by atoms with E-state index in [1.807, 2.05) is 4.90 Å². The van der Waals surface area contributed by atoms with Gasteiger partial charge in [-0.1, -0.05) is 0 Å². The molecule has 11 heteroatoms. The number of halogens is 2. The van der Waals surface area contributed by atoms with Gasteiger partial charge in [0.15, 0.2) is 6.29 Å². The Labute approximate surface area is 187 Å². The highest BCUT2D eigenvalue weighted by atomic mass is 19.1. The summed E-state index contributed by atoms with van der Waals surface area (Å²) in [5.41, 5.74) is 2.10. The lowest BCUT2D eigenvalue weighted by Gasteiger charge is -2.38. The molecule has 1 unspecified atom stereocenters. The first kappa shape index (κ1) is 20.9. The van der Waals surface area contributed by atoms with Crippen molar-refractivity contribution in [2.45, 2.75) is 19.2 Å². The largest absolute Gasteiger partial charge is 0.356 e. The van der Waals surface area contributed by atoms with Crippen LogP contribution >= 0.6 is 0 Å². The number of pyridine rings is 1. The third-order valence-electron chi connectivity index (χ3n) is 5.31. The van der Waals surface area contributed by atoms with Gasteiger partial charge in [-0.15, -0.1) is 4.80 Å². The van der Waals surface area contributed by atoms with Crippen molar-refractivity contribution in [3.05, 3.63) is 72.3 Å². The second kappa shape index (κ2) is 8.87. The minimum Gasteiger partial charge on any atom is -0.356 e. The Hall–Kier alpha value is -3.99. The number of carbonyl (C=O) groups is 1. The first-order chi connectivity index (χ1) is 16.1. The lowest BCUT2D eigenvalue weighted by molar-refractivity contribution is 0.0132. The Balaban J connectivity index is 1.48. The van der Waals surface area contributed by atoms with E-state index in [1.54, 1.807) is 23.0 Å². The van der Waals surface area contributed by atoms with Crippen molar-refractivity contribution in [2.75, 3.05) is 18.1 Å². The number of anilines is 1. The van der Waals surface area contributed by atoms with Crippen molar-refractivity contribution < 1.29 is 18.3 Å². The van der Waals surface area contributed by atoms with E-state index < -0.39 is 17.9 Å². The fourth-order valence-corrected chi connectivity index (χ4v) is 3.87. The molecule has 1 saturated heterocycles. The van der Waals surface area contributed by atoms with Crippen LogP contribution in [0.3, 0.4) is 0 Å². The highest BCUT2D eigenvalue weighted by molar-refractivity contribution is 5.86. The minimum atomic E-state index is -0.545. The van der Waals surface area contributed by atoms with Crippen molar-refractivity contribution in [1.82, 2.24) is 29.8 Å². The van der Waals surface area contributed by atoms with Gasteiger partial charge in [-0.25, -0.2) is 8.78 Å². The van der Waals surface area contributed by atoms with E-state index in [1.165, 1.54) is 29.3 Å². The monoisotopic (exact) mass is 451 g/mol. The highest BCUT2D eigenvalue weighted by Gasteiger charge is 2.29. The molecule has 0 N–H and O–H groups in total. The third-order valence-corrected chi connectivity index (χ3v) is 5.31. The van der Waals surface area contributed by atoms with Gasteiger partial charge < -0.3 is 9.64 Å². The molecule has 0 amide bonds. The molecule has 0 saturated carbocycles. The van der Waals surface area contributed by atoms with Gasteiger partial charge in [0.2, 0.25) is 0 Å². The second-order valence-corrected chi connectivity index (χ2v) is 7.46. The maximum Gasteiger partial charge on any atom is 0.152 e. The summed E-state index contributed by atoms with van der Waals surface area (Å²) in [7, 11) is 0. The van der Waals surface area contributed by atoms with Crippen LogP contribution in [0, 0.1) is 11.6 Å². The molecule has 0 radical (unpaired) electrons. The highest BCUT2D eigenvalue weighted by Crippen LogP contribution is 2.32. The molecule has 0 spiro atoms. The van der Waals surface area contributed by atoms with Crippen LogP contribution in [0.2, 0.25) is 0 Å². The summed E-state index contributed by atoms with van der Waals surface area (Å²) in [6, 6.07) is 7.17. The Morgan fingerprint density at radius 1 is 1.09 bits per heavy atom. The second-order valence-electron chi connectivity index (χ2n) is 7.46. The van der Waals surface area contributed by atoms with Crippen molar-refractivity contribution >= 4 is 12.0 Å². The van der Waals surface area contributed by atoms with Gasteiger partial charge >= 0.3 is 0 Å². The maximum atomic E-state index is 14.4. The molecule has 1 fully saturated rings. The number of rotatable bonds is 6. The van der Waals surface area contributed by atoms with E-state index in [0.717, 1.165) is 18.7 Å². The van der Waals surface area contributed by atoms with Gasteiger partial charge in [0, 0.05) is 18.3 Å². The van der Waals surface area contributed by atoms with Crippen molar-refractivity contribution in [3.63, 3.8) is 0 Å². The Kier molecular flexibility index (Phi) is 5.61. The zero-order valence-electron chi connectivity index (χ0n) is 17.4. The molecule has 1 atom stereocenters. The van der Waals surface area contributed by atoms with Gasteiger partial charge in [0.1, 0.15) is 29.2 Å². The molecule has 9 nitrogen and oxygen atoms in total. The average Bonchev–Trinajstić information content (AvgIpc) is 3.52. The van der Waals surface area contributed by atoms with Gasteiger partial charge in [-0.05, 0) is 36.8 Å². The first-order valence-corrected chi connectivity index (χ1v) is 10.3. The van der Waals surface area contributed by atoms with Gasteiger partial charge in [-0.2, -0.15) is 15.3 Å². The maximum absolute atomic E-state index is 14.4. The number of hydrogen-bond acceptors (Lipinski definition) is 7. The Morgan fingerprint density at radius 2 is 1.94 bits per heavy atom. The molecule has 0 bridgehead atoms. The molecule has 5 rings (SSSR count). The van der Waals surface area contributed by atoms with Crippen LogP contribution in [0.5, 0.6) is 0 Å². The number of benzene rings is 1. The Bertz CT molecular complexity index is 1260. The quantitative estimate of drug-likeness (QED) is 0.417. The molecule has 0 aliphatic carbocycles. The average molecular weight is 451 g/mol. The SMILES string of the molecule is O=Cc1cc(F)cc(N2CCCOC2Cn2ccc(-c3ccc(F)cn3)n2)c1-n1nccn1. The standard InChI is InChI=1S/C22H19F2N7O2/c23-16-2-3-18(25-12-16)19-4-8-29(28-19)13-21-30(7-1-9-33-21)20-11-17(24)10-15(14-32)22(20)31-26-5-6-27-31/h2-6,8,10-12,14,21H,1,7,9,13H2. The molecule has 1 aliphatic rings. The summed E-state index contributed by atoms with van der Waals surface area (Å²) in [6.45, 7) is 1.44. The summed E-state index contributed by atoms with van der Waals surface area (Å²) < 4.78 is 35.3. The van der Waals surface area contributed by atoms with Gasteiger partial charge in [0.25, 0.3) is 0 Å². The minimum absolute atomic E-state index is 0.134. The third kappa shape index (κ3) is 4.22. The molecule has 4 aromatic rings. The first-order valence-electron chi connectivity index (χ1n) is 10.3. The van der Waals surface area contributed by atoms with E-state index in [-0.39, 0.29) is 5.56 Å². The van der Waals surface area contributed by atoms with Crippen LogP contribution < -0.4 is 4.90 Å². The summed E-state index contributed by atoms with van der Waals surface area (Å²) in [4.78, 5) is 19.0. The lowest BCUT2D eigenvalue weighted by Crippen LogP contribution is -2.46. The number of nitrogens with zero attached hydrogens (tertiary/aromatic N) is 7. The molecule has 4 heterocycles. The molecule has 33 heavy (non-hydrogen) atoms. The van der Waals surface area contributed by atoms with Crippen molar-refractivity contribution in [3.8, 4) is 17.1 Å². The van der Waals surface area contributed by atoms with Crippen molar-refractivity contribution in [1.29, 1.82) is 0 Å². The molecule has 3 aromatic heterocycles. The number of carbonyl (C=O) groups excluding carboxylic acids is 1. The lowest BCUT2D eigenvalue weighted by atomic mass is 10.1. The van der Waals surface area contributed by atoms with E-state index in [4.69, 9.17) is 4.74 Å². The summed E-state index contributed by atoms with van der Waals surface area (Å²) >= 11 is 0.